The van der Waals surface area contributed by atoms with Crippen molar-refractivity contribution in [3.63, 3.8) is 0 Å². The second kappa shape index (κ2) is 6.20. The van der Waals surface area contributed by atoms with E-state index in [9.17, 15) is 0 Å². The van der Waals surface area contributed by atoms with E-state index in [1.165, 1.54) is 10.6 Å². The van der Waals surface area contributed by atoms with Crippen molar-refractivity contribution in [2.45, 2.75) is 52.2 Å². The Kier molecular flexibility index (Phi) is 4.81. The van der Waals surface area contributed by atoms with Gasteiger partial charge in [0.2, 0.25) is 0 Å². The molecule has 2 N–H and O–H groups in total. The third kappa shape index (κ3) is 3.09. The van der Waals surface area contributed by atoms with Gasteiger partial charge < -0.3 is 10.6 Å². The minimum Gasteiger partial charge on any atom is -0.345 e. The number of aromatic nitrogens is 1. The lowest BCUT2D eigenvalue weighted by molar-refractivity contribution is 0.170. The number of nitrogens with zero attached hydrogens (tertiary/aromatic N) is 3. The SMILES string of the molecule is CCCc1nc(N2CC(C)N(C)C(C)C2)sc1CN. The standard InChI is InChI=1S/C14H26N4S/c1-5-6-12-13(7-15)19-14(16-12)18-8-10(2)17(4)11(3)9-18/h10-11H,5-9,15H2,1-4H3. The fourth-order valence-corrected chi connectivity index (χ4v) is 3.66. The summed E-state index contributed by atoms with van der Waals surface area (Å²) in [5.74, 6) is 0. The first-order valence-electron chi connectivity index (χ1n) is 7.22. The molecule has 2 unspecified atom stereocenters. The van der Waals surface area contributed by atoms with Gasteiger partial charge in [0, 0.05) is 36.6 Å². The molecule has 0 saturated carbocycles. The van der Waals surface area contributed by atoms with E-state index in [1.807, 2.05) is 0 Å². The number of hydrogen-bond donors (Lipinski definition) is 1. The number of piperazine rings is 1. The van der Waals surface area contributed by atoms with E-state index < -0.39 is 0 Å². The lowest BCUT2D eigenvalue weighted by Gasteiger charge is -2.42. The topological polar surface area (TPSA) is 45.4 Å². The highest BCUT2D eigenvalue weighted by molar-refractivity contribution is 7.15. The molecule has 1 aromatic rings. The molecule has 0 radical (unpaired) electrons. The molecule has 0 bridgehead atoms. The summed E-state index contributed by atoms with van der Waals surface area (Å²) in [6.45, 7) is 9.50. The van der Waals surface area contributed by atoms with Gasteiger partial charge in [0.1, 0.15) is 0 Å². The molecule has 1 aliphatic heterocycles. The molecule has 0 aliphatic carbocycles. The molecule has 5 heteroatoms. The number of anilines is 1. The van der Waals surface area contributed by atoms with Crippen molar-refractivity contribution in [3.8, 4) is 0 Å². The summed E-state index contributed by atoms with van der Waals surface area (Å²) in [7, 11) is 2.21. The van der Waals surface area contributed by atoms with Gasteiger partial charge in [-0.1, -0.05) is 13.3 Å². The fraction of sp³-hybridized carbons (Fsp3) is 0.786. The Balaban J connectivity index is 2.17. The van der Waals surface area contributed by atoms with E-state index in [1.54, 1.807) is 11.3 Å². The first-order valence-corrected chi connectivity index (χ1v) is 8.04. The van der Waals surface area contributed by atoms with Crippen LogP contribution in [0.25, 0.3) is 0 Å². The molecule has 108 valence electrons. The normalized spacial score (nSPS) is 25.0. The van der Waals surface area contributed by atoms with Gasteiger partial charge in [0.05, 0.1) is 5.69 Å². The Morgan fingerprint density at radius 2 is 1.95 bits per heavy atom. The molecule has 1 saturated heterocycles. The third-order valence-corrected chi connectivity index (χ3v) is 5.25. The van der Waals surface area contributed by atoms with Crippen LogP contribution < -0.4 is 10.6 Å². The molecule has 4 nitrogen and oxygen atoms in total. The van der Waals surface area contributed by atoms with Crippen LogP contribution in [-0.4, -0.2) is 42.1 Å². The highest BCUT2D eigenvalue weighted by Crippen LogP contribution is 2.29. The van der Waals surface area contributed by atoms with Gasteiger partial charge in [-0.25, -0.2) is 4.98 Å². The van der Waals surface area contributed by atoms with E-state index in [0.717, 1.165) is 31.1 Å². The summed E-state index contributed by atoms with van der Waals surface area (Å²) in [5.41, 5.74) is 7.06. The summed E-state index contributed by atoms with van der Waals surface area (Å²) in [6.07, 6.45) is 2.17. The zero-order chi connectivity index (χ0) is 14.0. The quantitative estimate of drug-likeness (QED) is 0.918. The van der Waals surface area contributed by atoms with Gasteiger partial charge in [-0.2, -0.15) is 0 Å². The van der Waals surface area contributed by atoms with Crippen molar-refractivity contribution in [2.75, 3.05) is 25.0 Å². The molecular formula is C14H26N4S. The molecule has 0 aromatic carbocycles. The zero-order valence-corrected chi connectivity index (χ0v) is 13.3. The number of thiazole rings is 1. The first-order chi connectivity index (χ1) is 9.06. The van der Waals surface area contributed by atoms with Crippen molar-refractivity contribution >= 4 is 16.5 Å². The summed E-state index contributed by atoms with van der Waals surface area (Å²) in [5, 5.41) is 1.16. The van der Waals surface area contributed by atoms with Gasteiger partial charge in [0.25, 0.3) is 0 Å². The van der Waals surface area contributed by atoms with Crippen molar-refractivity contribution in [3.05, 3.63) is 10.6 Å². The van der Waals surface area contributed by atoms with Crippen LogP contribution in [-0.2, 0) is 13.0 Å². The van der Waals surface area contributed by atoms with Gasteiger partial charge in [0.15, 0.2) is 5.13 Å². The largest absolute Gasteiger partial charge is 0.345 e. The van der Waals surface area contributed by atoms with E-state index in [-0.39, 0.29) is 0 Å². The molecule has 0 spiro atoms. The molecule has 19 heavy (non-hydrogen) atoms. The molecule has 1 fully saturated rings. The smallest absolute Gasteiger partial charge is 0.185 e. The molecular weight excluding hydrogens is 256 g/mol. The average molecular weight is 282 g/mol. The molecule has 2 rings (SSSR count). The third-order valence-electron chi connectivity index (χ3n) is 4.07. The summed E-state index contributed by atoms with van der Waals surface area (Å²) in [6, 6.07) is 1.15. The van der Waals surface area contributed by atoms with Gasteiger partial charge >= 0.3 is 0 Å². The van der Waals surface area contributed by atoms with Gasteiger partial charge in [-0.05, 0) is 27.3 Å². The number of likely N-dealkylation sites (N-methyl/N-ethyl adjacent to an activating group) is 1. The minimum absolute atomic E-state index is 0.573. The summed E-state index contributed by atoms with van der Waals surface area (Å²) in [4.78, 5) is 11.0. The Labute approximate surface area is 120 Å². The first kappa shape index (κ1) is 14.8. The van der Waals surface area contributed by atoms with Crippen LogP contribution in [0.3, 0.4) is 0 Å². The van der Waals surface area contributed by atoms with Crippen molar-refractivity contribution in [2.24, 2.45) is 5.73 Å². The second-order valence-electron chi connectivity index (χ2n) is 5.59. The van der Waals surface area contributed by atoms with Crippen molar-refractivity contribution in [1.29, 1.82) is 0 Å². The van der Waals surface area contributed by atoms with Crippen LogP contribution >= 0.6 is 11.3 Å². The van der Waals surface area contributed by atoms with Crippen LogP contribution in [0, 0.1) is 0 Å². The maximum absolute atomic E-state index is 5.84. The minimum atomic E-state index is 0.573. The Morgan fingerprint density at radius 1 is 1.32 bits per heavy atom. The van der Waals surface area contributed by atoms with E-state index in [0.29, 0.717) is 18.6 Å². The maximum Gasteiger partial charge on any atom is 0.185 e. The monoisotopic (exact) mass is 282 g/mol. The van der Waals surface area contributed by atoms with Gasteiger partial charge in [-0.15, -0.1) is 11.3 Å². The van der Waals surface area contributed by atoms with Crippen LogP contribution in [0.1, 0.15) is 37.8 Å². The predicted octanol–water partition coefficient (Wildman–Crippen LogP) is 2.08. The number of nitrogens with two attached hydrogens (primary N) is 1. The number of hydrogen-bond acceptors (Lipinski definition) is 5. The lowest BCUT2D eigenvalue weighted by atomic mass is 10.1. The molecule has 0 amide bonds. The maximum atomic E-state index is 5.84. The van der Waals surface area contributed by atoms with E-state index in [4.69, 9.17) is 10.7 Å². The van der Waals surface area contributed by atoms with Gasteiger partial charge in [-0.3, -0.25) is 4.90 Å². The Hall–Kier alpha value is -0.650. The molecule has 1 aliphatic rings. The summed E-state index contributed by atoms with van der Waals surface area (Å²) >= 11 is 1.78. The van der Waals surface area contributed by atoms with Crippen LogP contribution in [0.4, 0.5) is 5.13 Å². The Bertz CT molecular complexity index is 406. The van der Waals surface area contributed by atoms with E-state index in [2.05, 4.69) is 37.6 Å². The number of rotatable bonds is 4. The van der Waals surface area contributed by atoms with Crippen molar-refractivity contribution < 1.29 is 0 Å². The zero-order valence-electron chi connectivity index (χ0n) is 12.5. The molecule has 2 atom stereocenters. The van der Waals surface area contributed by atoms with Crippen LogP contribution in [0.5, 0.6) is 0 Å². The lowest BCUT2D eigenvalue weighted by Crippen LogP contribution is -2.55. The van der Waals surface area contributed by atoms with E-state index >= 15 is 0 Å². The predicted molar refractivity (Wildman–Crippen MR) is 82.9 cm³/mol. The van der Waals surface area contributed by atoms with Crippen LogP contribution in [0.2, 0.25) is 0 Å². The van der Waals surface area contributed by atoms with Crippen LogP contribution in [0.15, 0.2) is 0 Å². The highest BCUT2D eigenvalue weighted by Gasteiger charge is 2.28. The summed E-state index contributed by atoms with van der Waals surface area (Å²) < 4.78 is 0. The molecule has 1 aromatic heterocycles. The second-order valence-corrected chi connectivity index (χ2v) is 6.65. The Morgan fingerprint density at radius 3 is 2.47 bits per heavy atom. The highest BCUT2D eigenvalue weighted by atomic mass is 32.1. The van der Waals surface area contributed by atoms with Crippen molar-refractivity contribution in [1.82, 2.24) is 9.88 Å². The number of aryl methyl sites for hydroxylation is 1. The average Bonchev–Trinajstić information content (AvgIpc) is 2.79. The fourth-order valence-electron chi connectivity index (χ4n) is 2.66. The molecule has 2 heterocycles.